The second kappa shape index (κ2) is 7.51. The molecular weight excluding hydrogens is 309 g/mol. The van der Waals surface area contributed by atoms with Crippen molar-refractivity contribution in [2.75, 3.05) is 18.4 Å². The Morgan fingerprint density at radius 2 is 2.08 bits per heavy atom. The minimum atomic E-state index is -0.752. The zero-order valence-electron chi connectivity index (χ0n) is 13.2. The van der Waals surface area contributed by atoms with Gasteiger partial charge in [0.15, 0.2) is 0 Å². The largest absolute Gasteiger partial charge is 0.387 e. The summed E-state index contributed by atoms with van der Waals surface area (Å²) in [6.45, 7) is 0.550. The van der Waals surface area contributed by atoms with E-state index in [2.05, 4.69) is 10.3 Å². The van der Waals surface area contributed by atoms with Crippen molar-refractivity contribution in [1.82, 2.24) is 9.88 Å². The van der Waals surface area contributed by atoms with Gasteiger partial charge in [0.25, 0.3) is 0 Å². The summed E-state index contributed by atoms with van der Waals surface area (Å²) >= 11 is 0. The van der Waals surface area contributed by atoms with E-state index >= 15 is 0 Å². The van der Waals surface area contributed by atoms with Crippen LogP contribution in [0.15, 0.2) is 48.8 Å². The van der Waals surface area contributed by atoms with E-state index in [9.17, 15) is 14.3 Å². The molecule has 1 unspecified atom stereocenters. The average molecular weight is 329 g/mol. The zero-order chi connectivity index (χ0) is 16.9. The molecule has 1 aliphatic rings. The van der Waals surface area contributed by atoms with Gasteiger partial charge in [0.1, 0.15) is 5.82 Å². The second-order valence-electron chi connectivity index (χ2n) is 6.02. The number of carbonyl (C=O) groups is 1. The van der Waals surface area contributed by atoms with E-state index in [1.54, 1.807) is 36.7 Å². The first kappa shape index (κ1) is 16.5. The summed E-state index contributed by atoms with van der Waals surface area (Å²) in [5, 5.41) is 13.2. The Kier molecular flexibility index (Phi) is 5.17. The van der Waals surface area contributed by atoms with Crippen LogP contribution in [0, 0.1) is 5.82 Å². The highest BCUT2D eigenvalue weighted by molar-refractivity contribution is 5.92. The van der Waals surface area contributed by atoms with Gasteiger partial charge in [-0.3, -0.25) is 14.7 Å². The van der Waals surface area contributed by atoms with Crippen LogP contribution < -0.4 is 5.32 Å². The van der Waals surface area contributed by atoms with Crippen molar-refractivity contribution in [2.24, 2.45) is 0 Å². The third-order valence-electron chi connectivity index (χ3n) is 4.02. The number of pyridine rings is 1. The number of benzene rings is 1. The number of carbonyl (C=O) groups excluding carboxylic acids is 1. The predicted molar refractivity (Wildman–Crippen MR) is 88.8 cm³/mol. The molecule has 24 heavy (non-hydrogen) atoms. The predicted octanol–water partition coefficient (Wildman–Crippen LogP) is 2.36. The SMILES string of the molecule is O=C(CN(CC(O)c1ccc(F)cc1)C1CC1)Nc1cccnc1. The summed E-state index contributed by atoms with van der Waals surface area (Å²) in [6.07, 6.45) is 4.53. The molecule has 2 aromatic rings. The first-order chi connectivity index (χ1) is 11.6. The lowest BCUT2D eigenvalue weighted by molar-refractivity contribution is -0.117. The molecule has 126 valence electrons. The van der Waals surface area contributed by atoms with Crippen LogP contribution in [0.4, 0.5) is 10.1 Å². The van der Waals surface area contributed by atoms with Crippen LogP contribution in [0.25, 0.3) is 0 Å². The topological polar surface area (TPSA) is 65.5 Å². The van der Waals surface area contributed by atoms with E-state index in [1.165, 1.54) is 12.1 Å². The summed E-state index contributed by atoms with van der Waals surface area (Å²) in [6, 6.07) is 9.65. The van der Waals surface area contributed by atoms with Gasteiger partial charge >= 0.3 is 0 Å². The van der Waals surface area contributed by atoms with Crippen LogP contribution in [-0.4, -0.2) is 40.0 Å². The standard InChI is InChI=1S/C18H20FN3O2/c19-14-5-3-13(4-6-14)17(23)11-22(16-7-8-16)12-18(24)21-15-2-1-9-20-10-15/h1-6,9-10,16-17,23H,7-8,11-12H2,(H,21,24). The number of rotatable bonds is 7. The quantitative estimate of drug-likeness (QED) is 0.818. The van der Waals surface area contributed by atoms with Gasteiger partial charge in [0, 0.05) is 18.8 Å². The second-order valence-corrected chi connectivity index (χ2v) is 6.02. The monoisotopic (exact) mass is 329 g/mol. The van der Waals surface area contributed by atoms with Gasteiger partial charge in [0.05, 0.1) is 24.5 Å². The number of nitrogens with one attached hydrogen (secondary N) is 1. The highest BCUT2D eigenvalue weighted by Crippen LogP contribution is 2.28. The van der Waals surface area contributed by atoms with Crippen molar-refractivity contribution < 1.29 is 14.3 Å². The van der Waals surface area contributed by atoms with Gasteiger partial charge in [-0.2, -0.15) is 0 Å². The minimum Gasteiger partial charge on any atom is -0.387 e. The molecule has 1 heterocycles. The fourth-order valence-electron chi connectivity index (χ4n) is 2.62. The Bertz CT molecular complexity index is 674. The molecule has 2 N–H and O–H groups in total. The fourth-order valence-corrected chi connectivity index (χ4v) is 2.62. The van der Waals surface area contributed by atoms with Gasteiger partial charge in [-0.15, -0.1) is 0 Å². The summed E-state index contributed by atoms with van der Waals surface area (Å²) in [4.78, 5) is 18.1. The molecule has 1 fully saturated rings. The number of amides is 1. The molecule has 3 rings (SSSR count). The molecule has 1 amide bonds. The van der Waals surface area contributed by atoms with Crippen molar-refractivity contribution in [2.45, 2.75) is 25.0 Å². The lowest BCUT2D eigenvalue weighted by Crippen LogP contribution is -2.37. The molecule has 5 nitrogen and oxygen atoms in total. The summed E-state index contributed by atoms with van der Waals surface area (Å²) in [7, 11) is 0. The molecule has 0 radical (unpaired) electrons. The molecule has 1 aromatic heterocycles. The first-order valence-electron chi connectivity index (χ1n) is 7.99. The Morgan fingerprint density at radius 1 is 1.33 bits per heavy atom. The number of aliphatic hydroxyl groups excluding tert-OH is 1. The number of hydrogen-bond donors (Lipinski definition) is 2. The average Bonchev–Trinajstić information content (AvgIpc) is 3.40. The maximum atomic E-state index is 13.0. The van der Waals surface area contributed by atoms with E-state index in [-0.39, 0.29) is 18.3 Å². The zero-order valence-corrected chi connectivity index (χ0v) is 13.2. The van der Waals surface area contributed by atoms with Crippen LogP contribution in [-0.2, 0) is 4.79 Å². The van der Waals surface area contributed by atoms with Crippen molar-refractivity contribution in [1.29, 1.82) is 0 Å². The molecule has 1 aliphatic carbocycles. The number of hydrogen-bond acceptors (Lipinski definition) is 4. The maximum absolute atomic E-state index is 13.0. The van der Waals surface area contributed by atoms with E-state index in [0.717, 1.165) is 12.8 Å². The van der Waals surface area contributed by atoms with Crippen LogP contribution in [0.5, 0.6) is 0 Å². The highest BCUT2D eigenvalue weighted by atomic mass is 19.1. The molecule has 1 atom stereocenters. The third kappa shape index (κ3) is 4.59. The molecular formula is C18H20FN3O2. The Balaban J connectivity index is 1.58. The number of aliphatic hydroxyl groups is 1. The van der Waals surface area contributed by atoms with Crippen LogP contribution in [0.3, 0.4) is 0 Å². The van der Waals surface area contributed by atoms with E-state index in [1.807, 2.05) is 4.90 Å². The number of halogens is 1. The van der Waals surface area contributed by atoms with E-state index < -0.39 is 6.10 Å². The molecule has 1 aromatic carbocycles. The first-order valence-corrected chi connectivity index (χ1v) is 7.99. The Labute approximate surface area is 140 Å². The summed E-state index contributed by atoms with van der Waals surface area (Å²) in [5.74, 6) is -0.470. The van der Waals surface area contributed by atoms with Gasteiger partial charge in [-0.25, -0.2) is 4.39 Å². The molecule has 0 bridgehead atoms. The van der Waals surface area contributed by atoms with E-state index in [4.69, 9.17) is 0 Å². The summed E-state index contributed by atoms with van der Waals surface area (Å²) < 4.78 is 13.0. The molecule has 1 saturated carbocycles. The molecule has 0 spiro atoms. The van der Waals surface area contributed by atoms with E-state index in [0.29, 0.717) is 23.8 Å². The lowest BCUT2D eigenvalue weighted by Gasteiger charge is -2.24. The molecule has 0 aliphatic heterocycles. The maximum Gasteiger partial charge on any atom is 0.238 e. The highest BCUT2D eigenvalue weighted by Gasteiger charge is 2.31. The normalized spacial score (nSPS) is 15.3. The van der Waals surface area contributed by atoms with Crippen molar-refractivity contribution in [3.05, 3.63) is 60.2 Å². The Morgan fingerprint density at radius 3 is 2.71 bits per heavy atom. The summed E-state index contributed by atoms with van der Waals surface area (Å²) in [5.41, 5.74) is 1.30. The van der Waals surface area contributed by atoms with Crippen molar-refractivity contribution >= 4 is 11.6 Å². The van der Waals surface area contributed by atoms with Gasteiger partial charge in [-0.05, 0) is 42.7 Å². The van der Waals surface area contributed by atoms with Crippen LogP contribution in [0.2, 0.25) is 0 Å². The van der Waals surface area contributed by atoms with Gasteiger partial charge < -0.3 is 10.4 Å². The van der Waals surface area contributed by atoms with Crippen molar-refractivity contribution in [3.63, 3.8) is 0 Å². The Hall–Kier alpha value is -2.31. The van der Waals surface area contributed by atoms with Crippen LogP contribution >= 0.6 is 0 Å². The van der Waals surface area contributed by atoms with Crippen LogP contribution in [0.1, 0.15) is 24.5 Å². The molecule has 6 heteroatoms. The minimum absolute atomic E-state index is 0.138. The number of nitrogens with zero attached hydrogens (tertiary/aromatic N) is 2. The fraction of sp³-hybridized carbons (Fsp3) is 0.333. The molecule has 0 saturated heterocycles. The van der Waals surface area contributed by atoms with Gasteiger partial charge in [0.2, 0.25) is 5.91 Å². The number of aromatic nitrogens is 1. The lowest BCUT2D eigenvalue weighted by atomic mass is 10.1. The third-order valence-corrected chi connectivity index (χ3v) is 4.02. The smallest absolute Gasteiger partial charge is 0.238 e. The van der Waals surface area contributed by atoms with Crippen molar-refractivity contribution in [3.8, 4) is 0 Å². The number of anilines is 1. The van der Waals surface area contributed by atoms with Gasteiger partial charge in [-0.1, -0.05) is 12.1 Å².